The second kappa shape index (κ2) is 8.59. The molecule has 1 rings (SSSR count). The zero-order chi connectivity index (χ0) is 17.6. The molecule has 0 atom stereocenters. The molecule has 3 nitrogen and oxygen atoms in total. The predicted molar refractivity (Wildman–Crippen MR) is 72.1 cm³/mol. The summed E-state index contributed by atoms with van der Waals surface area (Å²) in [6.45, 7) is 2.01. The Hall–Kier alpha value is -1.99. The monoisotopic (exact) mass is 337 g/mol. The van der Waals surface area contributed by atoms with Gasteiger partial charge in [-0.3, -0.25) is 14.9 Å². The summed E-state index contributed by atoms with van der Waals surface area (Å²) in [7, 11) is 0. The van der Waals surface area contributed by atoms with E-state index < -0.39 is 46.5 Å². The highest BCUT2D eigenvalue weighted by molar-refractivity contribution is 6.05. The lowest BCUT2D eigenvalue weighted by molar-refractivity contribution is -0.120. The highest BCUT2D eigenvalue weighted by Gasteiger charge is 2.30. The molecule has 8 heteroatoms. The van der Waals surface area contributed by atoms with Gasteiger partial charge in [-0.05, 0) is 6.42 Å². The molecule has 0 aliphatic carbocycles. The van der Waals surface area contributed by atoms with Crippen LogP contribution in [0.5, 0.6) is 0 Å². The second-order valence-corrected chi connectivity index (χ2v) is 4.99. The number of hydrogen-bond acceptors (Lipinski definition) is 2. The molecule has 0 unspecified atom stereocenters. The quantitative estimate of drug-likeness (QED) is 0.354. The molecule has 128 valence electrons. The van der Waals surface area contributed by atoms with Gasteiger partial charge in [0.2, 0.25) is 11.7 Å². The maximum absolute atomic E-state index is 13.4. The molecule has 0 spiro atoms. The summed E-state index contributed by atoms with van der Waals surface area (Å²) < 4.78 is 65.7. The van der Waals surface area contributed by atoms with Crippen LogP contribution in [0.25, 0.3) is 0 Å². The topological polar surface area (TPSA) is 46.2 Å². The minimum atomic E-state index is -2.36. The first-order valence-electron chi connectivity index (χ1n) is 7.16. The molecule has 1 aromatic carbocycles. The van der Waals surface area contributed by atoms with E-state index in [1.807, 2.05) is 6.92 Å². The van der Waals surface area contributed by atoms with Crippen LogP contribution >= 0.6 is 0 Å². The molecule has 2 amide bonds. The summed E-state index contributed by atoms with van der Waals surface area (Å²) in [6, 6.07) is 0. The Bertz CT molecular complexity index is 575. The van der Waals surface area contributed by atoms with Crippen molar-refractivity contribution in [3.05, 3.63) is 34.6 Å². The molecule has 0 bridgehead atoms. The Morgan fingerprint density at radius 3 is 1.78 bits per heavy atom. The predicted octanol–water partition coefficient (Wildman–Crippen LogP) is 4.00. The van der Waals surface area contributed by atoms with Gasteiger partial charge in [-0.2, -0.15) is 0 Å². The van der Waals surface area contributed by atoms with E-state index in [2.05, 4.69) is 0 Å². The average molecular weight is 337 g/mol. The SMILES string of the molecule is CCCCCCCC(=O)NC(=O)c1c(F)c(F)c(F)c(F)c1F. The van der Waals surface area contributed by atoms with Crippen molar-refractivity contribution in [2.45, 2.75) is 45.4 Å². The summed E-state index contributed by atoms with van der Waals surface area (Å²) in [5.41, 5.74) is -1.67. The number of carbonyl (C=O) groups excluding carboxylic acids is 2. The van der Waals surface area contributed by atoms with Crippen LogP contribution in [0.1, 0.15) is 55.8 Å². The lowest BCUT2D eigenvalue weighted by Gasteiger charge is -2.08. The molecule has 0 saturated carbocycles. The van der Waals surface area contributed by atoms with Crippen LogP contribution in [0.4, 0.5) is 22.0 Å². The number of benzene rings is 1. The molecule has 0 aliphatic heterocycles. The lowest BCUT2D eigenvalue weighted by atomic mass is 10.1. The van der Waals surface area contributed by atoms with Crippen LogP contribution in [0.2, 0.25) is 0 Å². The van der Waals surface area contributed by atoms with Crippen molar-refractivity contribution < 1.29 is 31.5 Å². The van der Waals surface area contributed by atoms with Gasteiger partial charge in [0.15, 0.2) is 23.3 Å². The van der Waals surface area contributed by atoms with E-state index in [4.69, 9.17) is 0 Å². The lowest BCUT2D eigenvalue weighted by Crippen LogP contribution is -2.32. The summed E-state index contributed by atoms with van der Waals surface area (Å²) in [6.07, 6.45) is 4.00. The number of halogens is 5. The van der Waals surface area contributed by atoms with Crippen LogP contribution < -0.4 is 5.32 Å². The highest BCUT2D eigenvalue weighted by atomic mass is 19.2. The number of rotatable bonds is 7. The fraction of sp³-hybridized carbons (Fsp3) is 0.467. The van der Waals surface area contributed by atoms with E-state index in [1.54, 1.807) is 5.32 Å². The molecule has 23 heavy (non-hydrogen) atoms. The molecule has 0 heterocycles. The fourth-order valence-corrected chi connectivity index (χ4v) is 1.94. The van der Waals surface area contributed by atoms with Crippen molar-refractivity contribution >= 4 is 11.8 Å². The number of amides is 2. The van der Waals surface area contributed by atoms with Gasteiger partial charge in [-0.25, -0.2) is 22.0 Å². The van der Waals surface area contributed by atoms with Crippen LogP contribution in [0.15, 0.2) is 0 Å². The third-order valence-electron chi connectivity index (χ3n) is 3.20. The first-order valence-corrected chi connectivity index (χ1v) is 7.16. The van der Waals surface area contributed by atoms with Crippen LogP contribution in [0, 0.1) is 29.1 Å². The number of imide groups is 1. The van der Waals surface area contributed by atoms with E-state index >= 15 is 0 Å². The van der Waals surface area contributed by atoms with Crippen molar-refractivity contribution in [2.75, 3.05) is 0 Å². The summed E-state index contributed by atoms with van der Waals surface area (Å²) >= 11 is 0. The fourth-order valence-electron chi connectivity index (χ4n) is 1.94. The maximum atomic E-state index is 13.4. The molecule has 0 aliphatic rings. The highest BCUT2D eigenvalue weighted by Crippen LogP contribution is 2.22. The molecule has 1 N–H and O–H groups in total. The largest absolute Gasteiger partial charge is 0.292 e. The van der Waals surface area contributed by atoms with Crippen LogP contribution in [-0.4, -0.2) is 11.8 Å². The zero-order valence-corrected chi connectivity index (χ0v) is 12.4. The van der Waals surface area contributed by atoms with Gasteiger partial charge in [0, 0.05) is 6.42 Å². The van der Waals surface area contributed by atoms with Crippen LogP contribution in [-0.2, 0) is 4.79 Å². The van der Waals surface area contributed by atoms with E-state index in [0.29, 0.717) is 6.42 Å². The van der Waals surface area contributed by atoms with Crippen molar-refractivity contribution in [1.29, 1.82) is 0 Å². The maximum Gasteiger partial charge on any atom is 0.264 e. The van der Waals surface area contributed by atoms with Gasteiger partial charge in [0.25, 0.3) is 5.91 Å². The molecular formula is C15H16F5NO2. The number of unbranched alkanes of at least 4 members (excludes halogenated alkanes) is 4. The smallest absolute Gasteiger partial charge is 0.264 e. The van der Waals surface area contributed by atoms with E-state index in [1.165, 1.54) is 0 Å². The van der Waals surface area contributed by atoms with Gasteiger partial charge in [0.1, 0.15) is 5.56 Å². The Balaban J connectivity index is 2.74. The zero-order valence-electron chi connectivity index (χ0n) is 12.4. The molecule has 0 radical (unpaired) electrons. The van der Waals surface area contributed by atoms with Crippen molar-refractivity contribution in [3.8, 4) is 0 Å². The third-order valence-corrected chi connectivity index (χ3v) is 3.20. The minimum absolute atomic E-state index is 0.0785. The van der Waals surface area contributed by atoms with Crippen LogP contribution in [0.3, 0.4) is 0 Å². The normalized spacial score (nSPS) is 10.7. The molecule has 1 aromatic rings. The summed E-state index contributed by atoms with van der Waals surface area (Å²) in [5.74, 6) is -13.9. The van der Waals surface area contributed by atoms with E-state index in [-0.39, 0.29) is 6.42 Å². The molecule has 0 fully saturated rings. The molecular weight excluding hydrogens is 321 g/mol. The van der Waals surface area contributed by atoms with Gasteiger partial charge in [-0.15, -0.1) is 0 Å². The number of carbonyl (C=O) groups is 2. The first kappa shape index (κ1) is 19.1. The van der Waals surface area contributed by atoms with Crippen molar-refractivity contribution in [1.82, 2.24) is 5.32 Å². The van der Waals surface area contributed by atoms with Gasteiger partial charge < -0.3 is 0 Å². The standard InChI is InChI=1S/C15H16F5NO2/c1-2-3-4-5-6-7-8(22)21-15(23)9-10(16)12(18)14(20)13(19)11(9)17/h2-7H2,1H3,(H,21,22,23). The van der Waals surface area contributed by atoms with E-state index in [0.717, 1.165) is 25.7 Å². The number of nitrogens with one attached hydrogen (secondary N) is 1. The van der Waals surface area contributed by atoms with Gasteiger partial charge in [0.05, 0.1) is 0 Å². The number of hydrogen-bond donors (Lipinski definition) is 1. The minimum Gasteiger partial charge on any atom is -0.292 e. The third kappa shape index (κ3) is 4.74. The summed E-state index contributed by atoms with van der Waals surface area (Å²) in [5, 5.41) is 1.63. The van der Waals surface area contributed by atoms with Crippen molar-refractivity contribution in [3.63, 3.8) is 0 Å². The Labute approximate surface area is 129 Å². The molecule has 0 aromatic heterocycles. The molecule has 0 saturated heterocycles. The first-order chi connectivity index (χ1) is 10.8. The van der Waals surface area contributed by atoms with E-state index in [9.17, 15) is 31.5 Å². The van der Waals surface area contributed by atoms with Gasteiger partial charge in [-0.1, -0.05) is 32.6 Å². The Morgan fingerprint density at radius 2 is 1.26 bits per heavy atom. The Kier molecular flexibility index (Phi) is 7.12. The Morgan fingerprint density at radius 1 is 0.783 bits per heavy atom. The summed E-state index contributed by atoms with van der Waals surface area (Å²) in [4.78, 5) is 23.1. The van der Waals surface area contributed by atoms with Gasteiger partial charge >= 0.3 is 0 Å². The van der Waals surface area contributed by atoms with Crippen molar-refractivity contribution in [2.24, 2.45) is 0 Å². The average Bonchev–Trinajstić information content (AvgIpc) is 2.51. The second-order valence-electron chi connectivity index (χ2n) is 4.99.